The molecule has 0 aliphatic carbocycles. The van der Waals surface area contributed by atoms with E-state index < -0.39 is 0 Å². The summed E-state index contributed by atoms with van der Waals surface area (Å²) < 4.78 is 18.3. The molecule has 5 rings (SSSR count). The van der Waals surface area contributed by atoms with E-state index in [1.165, 1.54) is 0 Å². The van der Waals surface area contributed by atoms with Gasteiger partial charge >= 0.3 is 0 Å². The van der Waals surface area contributed by atoms with Crippen molar-refractivity contribution in [3.8, 4) is 45.7 Å². The Balaban J connectivity index is 1.78. The summed E-state index contributed by atoms with van der Waals surface area (Å²) in [6.07, 6.45) is 0.777. The summed E-state index contributed by atoms with van der Waals surface area (Å²) in [4.78, 5) is 0. The van der Waals surface area contributed by atoms with Gasteiger partial charge in [-0.2, -0.15) is 5.26 Å². The van der Waals surface area contributed by atoms with E-state index in [0.717, 1.165) is 40.1 Å². The van der Waals surface area contributed by atoms with Gasteiger partial charge in [-0.1, -0.05) is 12.1 Å². The lowest BCUT2D eigenvalue weighted by Gasteiger charge is -2.24. The topological polar surface area (TPSA) is 80.3 Å². The first kappa shape index (κ1) is 16.5. The van der Waals surface area contributed by atoms with Crippen molar-refractivity contribution in [3.63, 3.8) is 0 Å². The number of nitriles is 1. The number of aromatic nitrogens is 1. The molecule has 0 saturated heterocycles. The van der Waals surface area contributed by atoms with Crippen molar-refractivity contribution < 1.29 is 14.2 Å². The highest BCUT2D eigenvalue weighted by atomic mass is 16.7. The molecule has 3 heterocycles. The number of pyridine rings is 1. The van der Waals surface area contributed by atoms with Crippen LogP contribution in [0.25, 0.3) is 22.4 Å². The number of benzene rings is 2. The van der Waals surface area contributed by atoms with Crippen LogP contribution in [-0.4, -0.2) is 18.5 Å². The highest BCUT2D eigenvalue weighted by Crippen LogP contribution is 2.41. The summed E-state index contributed by atoms with van der Waals surface area (Å²) in [6.45, 7) is 0.873. The van der Waals surface area contributed by atoms with Crippen LogP contribution in [0.15, 0.2) is 42.5 Å². The molecule has 0 spiro atoms. The maximum absolute atomic E-state index is 9.76. The van der Waals surface area contributed by atoms with Gasteiger partial charge in [-0.15, -0.1) is 0 Å². The number of ether oxygens (including phenoxy) is 3. The highest BCUT2D eigenvalue weighted by Gasteiger charge is 2.24. The van der Waals surface area contributed by atoms with Gasteiger partial charge in [-0.3, -0.25) is 5.41 Å². The summed E-state index contributed by atoms with van der Waals surface area (Å²) in [5.74, 6) is 2.19. The van der Waals surface area contributed by atoms with Crippen LogP contribution >= 0.6 is 0 Å². The first-order valence-corrected chi connectivity index (χ1v) is 8.99. The Morgan fingerprint density at radius 2 is 1.93 bits per heavy atom. The van der Waals surface area contributed by atoms with Crippen molar-refractivity contribution in [2.45, 2.75) is 13.0 Å². The van der Waals surface area contributed by atoms with Crippen molar-refractivity contribution in [1.29, 1.82) is 10.7 Å². The van der Waals surface area contributed by atoms with Gasteiger partial charge in [-0.25, -0.2) is 0 Å². The monoisotopic (exact) mass is 371 g/mol. The smallest absolute Gasteiger partial charge is 0.231 e. The molecule has 28 heavy (non-hydrogen) atoms. The molecule has 6 heteroatoms. The van der Waals surface area contributed by atoms with E-state index in [2.05, 4.69) is 6.07 Å². The maximum Gasteiger partial charge on any atom is 0.231 e. The maximum atomic E-state index is 9.76. The minimum absolute atomic E-state index is 0.223. The van der Waals surface area contributed by atoms with Crippen LogP contribution in [0.1, 0.15) is 11.1 Å². The summed E-state index contributed by atoms with van der Waals surface area (Å²) >= 11 is 0. The van der Waals surface area contributed by atoms with Crippen molar-refractivity contribution in [1.82, 2.24) is 4.57 Å². The average molecular weight is 371 g/mol. The molecule has 2 aliphatic heterocycles. The first-order valence-electron chi connectivity index (χ1n) is 8.99. The fraction of sp³-hybridized carbons (Fsp3) is 0.182. The summed E-state index contributed by atoms with van der Waals surface area (Å²) in [5.41, 5.74) is 5.23. The number of hydrogen-bond acceptors (Lipinski definition) is 5. The lowest BCUT2D eigenvalue weighted by molar-refractivity contribution is 0.174. The van der Waals surface area contributed by atoms with Crippen LogP contribution < -0.4 is 19.7 Å². The van der Waals surface area contributed by atoms with E-state index in [1.54, 1.807) is 7.11 Å². The van der Waals surface area contributed by atoms with Crippen LogP contribution in [0.3, 0.4) is 0 Å². The lowest BCUT2D eigenvalue weighted by Crippen LogP contribution is -2.28. The van der Waals surface area contributed by atoms with Crippen molar-refractivity contribution in [2.75, 3.05) is 13.9 Å². The zero-order valence-corrected chi connectivity index (χ0v) is 15.3. The Kier molecular flexibility index (Phi) is 3.63. The fourth-order valence-electron chi connectivity index (χ4n) is 3.92. The van der Waals surface area contributed by atoms with Gasteiger partial charge in [0.2, 0.25) is 6.79 Å². The zero-order chi connectivity index (χ0) is 19.3. The number of methoxy groups -OCH3 is 1. The standard InChI is InChI=1S/C22H17N3O3/c1-26-15-4-2-3-13(7-15)16-9-19-17-10-21-20(27-12-28-21)8-14(17)5-6-25(19)22(24)18(16)11-23/h2-4,7-10,24H,5-6,12H2,1H3. The molecule has 0 radical (unpaired) electrons. The molecule has 6 nitrogen and oxygen atoms in total. The molecule has 2 aromatic carbocycles. The molecule has 1 N–H and O–H groups in total. The van der Waals surface area contributed by atoms with Crippen molar-refractivity contribution >= 4 is 0 Å². The third-order valence-corrected chi connectivity index (χ3v) is 5.32. The van der Waals surface area contributed by atoms with Crippen LogP contribution in [0.4, 0.5) is 0 Å². The summed E-state index contributed by atoms with van der Waals surface area (Å²) in [5, 5.41) is 18.4. The van der Waals surface area contributed by atoms with E-state index in [0.29, 0.717) is 23.6 Å². The third-order valence-electron chi connectivity index (χ3n) is 5.32. The van der Waals surface area contributed by atoms with E-state index in [1.807, 2.05) is 47.0 Å². The Labute approximate surface area is 161 Å². The van der Waals surface area contributed by atoms with Crippen LogP contribution in [0, 0.1) is 16.7 Å². The Morgan fingerprint density at radius 3 is 2.71 bits per heavy atom. The molecule has 0 unspecified atom stereocenters. The van der Waals surface area contributed by atoms with Gasteiger partial charge in [0, 0.05) is 17.7 Å². The van der Waals surface area contributed by atoms with Gasteiger partial charge in [0.05, 0.1) is 12.8 Å². The average Bonchev–Trinajstić information content (AvgIpc) is 3.19. The molecule has 3 aromatic rings. The van der Waals surface area contributed by atoms with Gasteiger partial charge in [0.25, 0.3) is 0 Å². The molecular weight excluding hydrogens is 354 g/mol. The minimum atomic E-state index is 0.223. The molecule has 0 amide bonds. The van der Waals surface area contributed by atoms with Gasteiger partial charge in [0.15, 0.2) is 11.5 Å². The number of hydrogen-bond donors (Lipinski definition) is 1. The Bertz CT molecular complexity index is 1220. The Morgan fingerprint density at radius 1 is 1.11 bits per heavy atom. The first-order chi connectivity index (χ1) is 13.7. The van der Waals surface area contributed by atoms with Crippen molar-refractivity contribution in [2.24, 2.45) is 0 Å². The fourth-order valence-corrected chi connectivity index (χ4v) is 3.92. The second-order valence-corrected chi connectivity index (χ2v) is 6.77. The van der Waals surface area contributed by atoms with Gasteiger partial charge in [-0.05, 0) is 47.9 Å². The number of aryl methyl sites for hydroxylation is 1. The van der Waals surface area contributed by atoms with E-state index in [4.69, 9.17) is 19.6 Å². The molecule has 0 fully saturated rings. The molecule has 1 aromatic heterocycles. The minimum Gasteiger partial charge on any atom is -0.497 e. The number of rotatable bonds is 2. The number of nitrogens with one attached hydrogen (secondary N) is 1. The quantitative estimate of drug-likeness (QED) is 0.748. The highest BCUT2D eigenvalue weighted by molar-refractivity contribution is 5.79. The van der Waals surface area contributed by atoms with Gasteiger partial charge < -0.3 is 18.8 Å². The van der Waals surface area contributed by atoms with E-state index >= 15 is 0 Å². The number of nitrogens with zero attached hydrogens (tertiary/aromatic N) is 2. The molecule has 2 aliphatic rings. The predicted molar refractivity (Wildman–Crippen MR) is 102 cm³/mol. The Hall–Kier alpha value is -3.72. The van der Waals surface area contributed by atoms with Crippen LogP contribution in [0.2, 0.25) is 0 Å². The van der Waals surface area contributed by atoms with Crippen molar-refractivity contribution in [3.05, 3.63) is 59.1 Å². The molecule has 0 bridgehead atoms. The SMILES string of the molecule is COc1cccc(-c2cc3n(c(=N)c2C#N)CCc2cc4c(cc2-3)OCO4)c1. The predicted octanol–water partition coefficient (Wildman–Crippen LogP) is 3.47. The van der Waals surface area contributed by atoms with E-state index in [9.17, 15) is 5.26 Å². The molecule has 0 saturated carbocycles. The van der Waals surface area contributed by atoms with Gasteiger partial charge in [0.1, 0.15) is 22.9 Å². The third kappa shape index (κ3) is 2.37. The summed E-state index contributed by atoms with van der Waals surface area (Å²) in [6, 6.07) is 15.8. The van der Waals surface area contributed by atoms with Crippen LogP contribution in [0.5, 0.6) is 17.2 Å². The molecule has 138 valence electrons. The van der Waals surface area contributed by atoms with E-state index in [-0.39, 0.29) is 12.3 Å². The zero-order valence-electron chi connectivity index (χ0n) is 15.3. The second kappa shape index (κ2) is 6.17. The largest absolute Gasteiger partial charge is 0.497 e. The molecule has 0 atom stereocenters. The summed E-state index contributed by atoms with van der Waals surface area (Å²) in [7, 11) is 1.61. The molecular formula is C22H17N3O3. The lowest BCUT2D eigenvalue weighted by atomic mass is 9.92. The number of fused-ring (bicyclic) bond motifs is 4. The van der Waals surface area contributed by atoms with Crippen LogP contribution in [-0.2, 0) is 13.0 Å². The second-order valence-electron chi connectivity index (χ2n) is 6.77. The normalized spacial score (nSPS) is 13.4.